The fourth-order valence-electron chi connectivity index (χ4n) is 6.49. The Balaban J connectivity index is 1.27. The number of hydrogen-bond acceptors (Lipinski definition) is 4. The molecule has 6 rings (SSSR count). The van der Waals surface area contributed by atoms with Crippen molar-refractivity contribution in [3.8, 4) is 0 Å². The summed E-state index contributed by atoms with van der Waals surface area (Å²) < 4.78 is 0. The molecule has 1 N–H and O–H groups in total. The summed E-state index contributed by atoms with van der Waals surface area (Å²) in [6, 6.07) is 26.2. The fraction of sp³-hybridized carbons (Fsp3) is 0.355. The molecule has 0 saturated carbocycles. The van der Waals surface area contributed by atoms with Crippen LogP contribution in [0.15, 0.2) is 78.9 Å². The molecule has 190 valence electrons. The fourth-order valence-corrected chi connectivity index (χ4v) is 6.49. The lowest BCUT2D eigenvalue weighted by atomic mass is 9.93. The van der Waals surface area contributed by atoms with Gasteiger partial charge in [0, 0.05) is 36.8 Å². The van der Waals surface area contributed by atoms with Gasteiger partial charge in [-0.1, -0.05) is 72.8 Å². The van der Waals surface area contributed by atoms with Gasteiger partial charge in [-0.3, -0.25) is 19.4 Å². The summed E-state index contributed by atoms with van der Waals surface area (Å²) in [4.78, 5) is 32.5. The highest BCUT2D eigenvalue weighted by Crippen LogP contribution is 2.44. The molecule has 6 nitrogen and oxygen atoms in total. The van der Waals surface area contributed by atoms with Crippen molar-refractivity contribution in [1.29, 1.82) is 0 Å². The molecule has 0 spiro atoms. The van der Waals surface area contributed by atoms with Crippen molar-refractivity contribution < 1.29 is 14.7 Å². The van der Waals surface area contributed by atoms with Crippen LogP contribution in [0.4, 0.5) is 0 Å². The molecule has 3 aliphatic rings. The Morgan fingerprint density at radius 3 is 2.46 bits per heavy atom. The number of carbonyl (C=O) groups excluding carboxylic acids is 1. The number of nitrogens with zero attached hydrogens (tertiary/aromatic N) is 3. The van der Waals surface area contributed by atoms with E-state index in [-0.39, 0.29) is 24.2 Å². The van der Waals surface area contributed by atoms with Crippen molar-refractivity contribution >= 4 is 11.9 Å². The van der Waals surface area contributed by atoms with Gasteiger partial charge >= 0.3 is 5.97 Å². The number of carboxylic acids is 1. The normalized spacial score (nSPS) is 24.0. The van der Waals surface area contributed by atoms with E-state index in [1.807, 2.05) is 47.4 Å². The number of aryl methyl sites for hydroxylation is 1. The van der Waals surface area contributed by atoms with E-state index in [4.69, 9.17) is 0 Å². The van der Waals surface area contributed by atoms with Gasteiger partial charge in [-0.25, -0.2) is 0 Å². The first kappa shape index (κ1) is 23.9. The molecule has 0 bridgehead atoms. The summed E-state index contributed by atoms with van der Waals surface area (Å²) in [6.07, 6.45) is 2.37. The number of amides is 1. The molecular weight excluding hydrogens is 462 g/mol. The lowest BCUT2D eigenvalue weighted by Crippen LogP contribution is -2.51. The number of fused-ring (bicyclic) bond motifs is 4. The van der Waals surface area contributed by atoms with Gasteiger partial charge in [0.15, 0.2) is 0 Å². The highest BCUT2D eigenvalue weighted by atomic mass is 16.4. The van der Waals surface area contributed by atoms with Gasteiger partial charge in [0.05, 0.1) is 6.04 Å². The Hall–Kier alpha value is -3.48. The smallest absolute Gasteiger partial charge is 0.321 e. The predicted octanol–water partition coefficient (Wildman–Crippen LogP) is 4.36. The SMILES string of the molecule is CC(CCc1ccccc1)N1C[C@@H](CN2Cc3ccccc3CC2C(=O)O)N2C(=O)c3ccccc3[C@H]12. The van der Waals surface area contributed by atoms with Crippen LogP contribution in [0.25, 0.3) is 0 Å². The maximum atomic E-state index is 13.7. The second-order valence-electron chi connectivity index (χ2n) is 10.7. The van der Waals surface area contributed by atoms with Crippen molar-refractivity contribution in [2.45, 2.75) is 57.0 Å². The van der Waals surface area contributed by atoms with Crippen LogP contribution in [-0.4, -0.2) is 62.9 Å². The van der Waals surface area contributed by atoms with E-state index in [1.165, 1.54) is 11.1 Å². The van der Waals surface area contributed by atoms with Crippen LogP contribution in [-0.2, 0) is 24.2 Å². The number of carbonyl (C=O) groups is 2. The summed E-state index contributed by atoms with van der Waals surface area (Å²) >= 11 is 0. The number of aliphatic carboxylic acids is 1. The van der Waals surface area contributed by atoms with Gasteiger partial charge in [-0.2, -0.15) is 0 Å². The standard InChI is InChI=1S/C31H33N3O3/c1-21(15-16-22-9-3-2-4-10-22)33-20-25(34-29(33)26-13-7-8-14-27(26)30(34)35)19-32-18-24-12-6-5-11-23(24)17-28(32)31(36)37/h2-14,21,25,28-29H,15-20H2,1H3,(H,36,37)/t21?,25-,28?,29-/m1/s1. The Kier molecular flexibility index (Phi) is 6.31. The Morgan fingerprint density at radius 1 is 0.973 bits per heavy atom. The third kappa shape index (κ3) is 4.34. The Bertz CT molecular complexity index is 1310. The van der Waals surface area contributed by atoms with E-state index in [2.05, 4.69) is 53.1 Å². The van der Waals surface area contributed by atoms with Gasteiger partial charge in [-0.15, -0.1) is 0 Å². The summed E-state index contributed by atoms with van der Waals surface area (Å²) in [5.74, 6) is -0.735. The van der Waals surface area contributed by atoms with Gasteiger partial charge in [0.25, 0.3) is 5.91 Å². The highest BCUT2D eigenvalue weighted by molar-refractivity contribution is 5.99. The minimum absolute atomic E-state index is 0.0626. The molecule has 2 unspecified atom stereocenters. The Labute approximate surface area is 218 Å². The molecule has 4 atom stereocenters. The van der Waals surface area contributed by atoms with Crippen molar-refractivity contribution in [3.63, 3.8) is 0 Å². The van der Waals surface area contributed by atoms with Gasteiger partial charge in [-0.05, 0) is 48.9 Å². The zero-order valence-electron chi connectivity index (χ0n) is 21.2. The van der Waals surface area contributed by atoms with Crippen LogP contribution in [0.2, 0.25) is 0 Å². The van der Waals surface area contributed by atoms with Crippen molar-refractivity contribution in [1.82, 2.24) is 14.7 Å². The topological polar surface area (TPSA) is 64.1 Å². The molecule has 3 aromatic rings. The average Bonchev–Trinajstić information content (AvgIpc) is 3.44. The molecule has 1 saturated heterocycles. The largest absolute Gasteiger partial charge is 0.480 e. The van der Waals surface area contributed by atoms with E-state index < -0.39 is 12.0 Å². The zero-order valence-corrected chi connectivity index (χ0v) is 21.2. The molecule has 1 fully saturated rings. The molecule has 1 amide bonds. The molecule has 3 aromatic carbocycles. The number of rotatable bonds is 7. The first-order valence-corrected chi connectivity index (χ1v) is 13.3. The van der Waals surface area contributed by atoms with Gasteiger partial charge < -0.3 is 10.0 Å². The lowest BCUT2D eigenvalue weighted by Gasteiger charge is -2.37. The average molecular weight is 496 g/mol. The maximum Gasteiger partial charge on any atom is 0.321 e. The van der Waals surface area contributed by atoms with Crippen molar-refractivity contribution in [2.24, 2.45) is 0 Å². The van der Waals surface area contributed by atoms with Crippen LogP contribution < -0.4 is 0 Å². The Morgan fingerprint density at radius 2 is 1.68 bits per heavy atom. The summed E-state index contributed by atoms with van der Waals surface area (Å²) in [5, 5.41) is 10.1. The first-order valence-electron chi connectivity index (χ1n) is 13.3. The quantitative estimate of drug-likeness (QED) is 0.528. The molecule has 37 heavy (non-hydrogen) atoms. The summed E-state index contributed by atoms with van der Waals surface area (Å²) in [6.45, 7) is 4.13. The summed E-state index contributed by atoms with van der Waals surface area (Å²) in [5.41, 5.74) is 5.45. The van der Waals surface area contributed by atoms with Crippen molar-refractivity contribution in [3.05, 3.63) is 107 Å². The van der Waals surface area contributed by atoms with E-state index in [9.17, 15) is 14.7 Å². The molecule has 3 heterocycles. The molecule has 0 radical (unpaired) electrons. The van der Waals surface area contributed by atoms with E-state index in [1.54, 1.807) is 0 Å². The second-order valence-corrected chi connectivity index (χ2v) is 10.7. The molecule has 0 aromatic heterocycles. The minimum Gasteiger partial charge on any atom is -0.480 e. The van der Waals surface area contributed by atoms with Crippen LogP contribution >= 0.6 is 0 Å². The first-order chi connectivity index (χ1) is 18.0. The van der Waals surface area contributed by atoms with Gasteiger partial charge in [0.1, 0.15) is 12.2 Å². The lowest BCUT2D eigenvalue weighted by molar-refractivity contribution is -0.144. The summed E-state index contributed by atoms with van der Waals surface area (Å²) in [7, 11) is 0. The van der Waals surface area contributed by atoms with E-state index in [0.717, 1.165) is 36.1 Å². The predicted molar refractivity (Wildman–Crippen MR) is 142 cm³/mol. The van der Waals surface area contributed by atoms with Crippen LogP contribution in [0.5, 0.6) is 0 Å². The van der Waals surface area contributed by atoms with Crippen LogP contribution in [0.3, 0.4) is 0 Å². The third-order valence-corrected chi connectivity index (χ3v) is 8.43. The zero-order chi connectivity index (χ0) is 25.5. The monoisotopic (exact) mass is 495 g/mol. The molecule has 6 heteroatoms. The van der Waals surface area contributed by atoms with Crippen LogP contribution in [0, 0.1) is 0 Å². The molecule has 0 aliphatic carbocycles. The highest BCUT2D eigenvalue weighted by Gasteiger charge is 2.51. The second kappa shape index (κ2) is 9.77. The van der Waals surface area contributed by atoms with Crippen molar-refractivity contribution in [2.75, 3.05) is 13.1 Å². The third-order valence-electron chi connectivity index (χ3n) is 8.43. The number of carboxylic acid groups (broad SMARTS) is 1. The number of benzene rings is 3. The van der Waals surface area contributed by atoms with Gasteiger partial charge in [0.2, 0.25) is 0 Å². The van der Waals surface area contributed by atoms with E-state index >= 15 is 0 Å². The molecule has 3 aliphatic heterocycles. The maximum absolute atomic E-state index is 13.7. The minimum atomic E-state index is -0.798. The molecular formula is C31H33N3O3. The van der Waals surface area contributed by atoms with Crippen LogP contribution in [0.1, 0.15) is 52.1 Å². The van der Waals surface area contributed by atoms with E-state index in [0.29, 0.717) is 19.5 Å². The number of hydrogen-bond donors (Lipinski definition) is 1.